The first kappa shape index (κ1) is 73.8. The molecule has 1 saturated heterocycles. The molecule has 11 atom stereocenters. The van der Waals surface area contributed by atoms with Gasteiger partial charge in [-0.15, -0.1) is 0 Å². The normalized spacial score (nSPS) is 16.0. The number of nitrogens with zero attached hydrogens (tertiary/aromatic N) is 1. The minimum atomic E-state index is -1.96. The number of para-hydroxylation sites is 1. The number of carboxylic acid groups (broad SMARTS) is 2. The Balaban J connectivity index is 1.24. The summed E-state index contributed by atoms with van der Waals surface area (Å²) in [6.07, 6.45) is -0.00602. The van der Waals surface area contributed by atoms with Gasteiger partial charge in [0.05, 0.1) is 18.9 Å². The molecule has 10 amide bonds. The molecule has 510 valence electrons. The molecule has 6 rings (SSSR count). The number of rotatable bonds is 36. The van der Waals surface area contributed by atoms with E-state index < -0.39 is 150 Å². The Kier molecular flexibility index (Phi) is 27.8. The van der Waals surface area contributed by atoms with Crippen molar-refractivity contribution in [3.05, 3.63) is 138 Å². The maximum Gasteiger partial charge on any atom is 0.326 e. The van der Waals surface area contributed by atoms with Crippen molar-refractivity contribution >= 4 is 81.9 Å². The van der Waals surface area contributed by atoms with Crippen molar-refractivity contribution in [1.29, 1.82) is 0 Å². The molecule has 95 heavy (non-hydrogen) atoms. The number of benzene rings is 4. The highest BCUT2D eigenvalue weighted by Gasteiger charge is 2.42. The zero-order valence-corrected chi connectivity index (χ0v) is 53.5. The molecule has 0 bridgehead atoms. The average Bonchev–Trinajstić information content (AvgIpc) is 1.80. The fourth-order valence-corrected chi connectivity index (χ4v) is 10.9. The van der Waals surface area contributed by atoms with E-state index in [0.717, 1.165) is 0 Å². The Labute approximate surface area is 549 Å². The van der Waals surface area contributed by atoms with Crippen molar-refractivity contribution in [2.24, 2.45) is 29.0 Å². The molecule has 28 nitrogen and oxygen atoms in total. The van der Waals surface area contributed by atoms with Crippen LogP contribution in [-0.4, -0.2) is 170 Å². The number of amides is 10. The van der Waals surface area contributed by atoms with Gasteiger partial charge < -0.3 is 84.9 Å². The molecule has 0 saturated carbocycles. The number of primary amides is 1. The number of carbonyl (C=O) groups is 12. The first-order valence-electron chi connectivity index (χ1n) is 31.6. The first-order valence-corrected chi connectivity index (χ1v) is 31.6. The number of phenolic OH excluding ortho intramolecular Hbond substituents is 1. The second kappa shape index (κ2) is 35.7. The number of nitrogens with one attached hydrogen (secondary N) is 9. The standard InChI is InChI=1S/C67H87N13O15/c1-5-38(4)57(79-58(85)46(22-14-28-68)72-64(91)56(70)37(2)3)65(92)77-51(32-41-24-26-43(81)27-25-41)66(93)80-29-15-23-53(80)63(90)76-48(31-40-18-10-7-11-19-40)60(87)73-47(30-39-16-8-6-9-17-39)59(86)74-49(34-54(69)82)61(88)75-50(35-55(83)84)62(89)78-52(67(94)95)33-42-36-71-45-21-13-12-20-44(42)45/h6-13,16-21,24-27,36-38,46-53,56-57,71,81H,5,14-15,22-23,28-35,68,70H2,1-4H3,(H2,69,82)(H,72,91)(H,73,87)(H,74,86)(H,75,88)(H,76,90)(H,77,92)(H,78,89)(H,79,85)(H,83,84)(H,94,95)/t38-,46-,47-,48-,49-,50-,51-,52-,53-,56-,57+/m0/s1. The quantitative estimate of drug-likeness (QED) is 0.0255. The molecule has 0 spiro atoms. The number of aromatic amines is 1. The van der Waals surface area contributed by atoms with Crippen molar-refractivity contribution in [1.82, 2.24) is 52.4 Å². The average molecular weight is 1310 g/mol. The maximum atomic E-state index is 15.1. The van der Waals surface area contributed by atoms with E-state index in [1.54, 1.807) is 131 Å². The van der Waals surface area contributed by atoms with E-state index in [1.165, 1.54) is 17.0 Å². The Morgan fingerprint density at radius 3 is 1.62 bits per heavy atom. The van der Waals surface area contributed by atoms with Crippen molar-refractivity contribution in [3.8, 4) is 5.75 Å². The van der Waals surface area contributed by atoms with Gasteiger partial charge in [-0.25, -0.2) is 4.79 Å². The molecule has 28 heteroatoms. The van der Waals surface area contributed by atoms with E-state index in [4.69, 9.17) is 17.2 Å². The molecule has 1 aliphatic rings. The highest BCUT2D eigenvalue weighted by Crippen LogP contribution is 2.23. The lowest BCUT2D eigenvalue weighted by atomic mass is 9.96. The van der Waals surface area contributed by atoms with Gasteiger partial charge in [0, 0.05) is 49.3 Å². The van der Waals surface area contributed by atoms with E-state index in [9.17, 15) is 68.1 Å². The molecular formula is C67H87N13O15. The SMILES string of the molecule is CC[C@H](C)[C@@H](NC(=O)[C@H](CCCN)NC(=O)[C@@H](N)C(C)C)C(=O)N[C@@H](Cc1ccc(O)cc1)C(=O)N1CCC[C@H]1C(=O)N[C@@H](Cc1ccccc1)C(=O)N[C@@H](Cc1ccccc1)C(=O)N[C@@H](CC(N)=O)C(=O)N[C@@H](CC(=O)O)C(=O)N[C@@H](Cc1c[nH]c2ccccc12)C(=O)O. The Hall–Kier alpha value is -10.2. The van der Waals surface area contributed by atoms with Crippen LogP contribution in [0.4, 0.5) is 0 Å². The zero-order valence-electron chi connectivity index (χ0n) is 53.5. The van der Waals surface area contributed by atoms with Crippen molar-refractivity contribution in [2.75, 3.05) is 13.1 Å². The predicted molar refractivity (Wildman–Crippen MR) is 349 cm³/mol. The Morgan fingerprint density at radius 1 is 0.568 bits per heavy atom. The number of nitrogens with two attached hydrogens (primary N) is 3. The lowest BCUT2D eigenvalue weighted by molar-refractivity contribution is -0.144. The number of H-pyrrole nitrogens is 1. The number of aromatic hydroxyl groups is 1. The summed E-state index contributed by atoms with van der Waals surface area (Å²) in [5.41, 5.74) is 20.2. The van der Waals surface area contributed by atoms with Gasteiger partial charge in [0.1, 0.15) is 60.1 Å². The topological polar surface area (TPSA) is 459 Å². The number of hydrogen-bond acceptors (Lipinski definition) is 15. The van der Waals surface area contributed by atoms with Crippen LogP contribution < -0.4 is 59.7 Å². The van der Waals surface area contributed by atoms with Crippen LogP contribution in [-0.2, 0) is 83.2 Å². The van der Waals surface area contributed by atoms with Crippen molar-refractivity contribution in [3.63, 3.8) is 0 Å². The van der Waals surface area contributed by atoms with Crippen LogP contribution in [0.25, 0.3) is 10.9 Å². The molecule has 1 aromatic heterocycles. The summed E-state index contributed by atoms with van der Waals surface area (Å²) >= 11 is 0. The van der Waals surface area contributed by atoms with Crippen LogP contribution in [0.2, 0.25) is 0 Å². The summed E-state index contributed by atoms with van der Waals surface area (Å²) < 4.78 is 0. The molecule has 5 aromatic rings. The van der Waals surface area contributed by atoms with Gasteiger partial charge >= 0.3 is 11.9 Å². The highest BCUT2D eigenvalue weighted by molar-refractivity contribution is 6.00. The minimum Gasteiger partial charge on any atom is -0.508 e. The maximum absolute atomic E-state index is 15.1. The number of aromatic nitrogens is 1. The highest BCUT2D eigenvalue weighted by atomic mass is 16.4. The van der Waals surface area contributed by atoms with Crippen LogP contribution in [0.5, 0.6) is 5.75 Å². The molecule has 0 radical (unpaired) electrons. The summed E-state index contributed by atoms with van der Waals surface area (Å²) in [6.45, 7) is 7.26. The van der Waals surface area contributed by atoms with E-state index in [1.807, 2.05) is 0 Å². The van der Waals surface area contributed by atoms with Gasteiger partial charge in [-0.2, -0.15) is 0 Å². The van der Waals surface area contributed by atoms with E-state index in [2.05, 4.69) is 47.5 Å². The smallest absolute Gasteiger partial charge is 0.326 e. The van der Waals surface area contributed by atoms with Gasteiger partial charge in [-0.1, -0.05) is 125 Å². The summed E-state index contributed by atoms with van der Waals surface area (Å²) in [5.74, 6) is -13.0. The molecule has 4 aromatic carbocycles. The summed E-state index contributed by atoms with van der Waals surface area (Å²) in [5, 5.41) is 51.5. The second-order valence-electron chi connectivity index (χ2n) is 24.1. The molecule has 18 N–H and O–H groups in total. The lowest BCUT2D eigenvalue weighted by Crippen LogP contribution is -2.61. The lowest BCUT2D eigenvalue weighted by Gasteiger charge is -2.32. The van der Waals surface area contributed by atoms with Crippen LogP contribution in [0.15, 0.2) is 115 Å². The van der Waals surface area contributed by atoms with Gasteiger partial charge in [0.25, 0.3) is 0 Å². The van der Waals surface area contributed by atoms with Gasteiger partial charge in [-0.05, 0) is 84.5 Å². The predicted octanol–water partition coefficient (Wildman–Crippen LogP) is 0.217. The van der Waals surface area contributed by atoms with Crippen molar-refractivity contribution in [2.45, 2.75) is 159 Å². The number of fused-ring (bicyclic) bond motifs is 1. The third-order valence-corrected chi connectivity index (χ3v) is 16.6. The minimum absolute atomic E-state index is 0.0245. The van der Waals surface area contributed by atoms with Gasteiger partial charge in [0.2, 0.25) is 59.1 Å². The monoisotopic (exact) mass is 1310 g/mol. The second-order valence-corrected chi connectivity index (χ2v) is 24.1. The number of likely N-dealkylation sites (tertiary alicyclic amines) is 1. The number of phenols is 1. The number of aliphatic carboxylic acids is 2. The molecule has 1 aliphatic heterocycles. The van der Waals surface area contributed by atoms with E-state index >= 15 is 4.79 Å². The molecule has 1 fully saturated rings. The number of hydrogen-bond donors (Lipinski definition) is 15. The first-order chi connectivity index (χ1) is 45.3. The molecule has 2 heterocycles. The summed E-state index contributed by atoms with van der Waals surface area (Å²) in [4.78, 5) is 171. The fourth-order valence-electron chi connectivity index (χ4n) is 10.9. The molecular weight excluding hydrogens is 1230 g/mol. The van der Waals surface area contributed by atoms with Crippen LogP contribution in [0, 0.1) is 11.8 Å². The van der Waals surface area contributed by atoms with E-state index in [-0.39, 0.29) is 63.3 Å². The summed E-state index contributed by atoms with van der Waals surface area (Å²) in [7, 11) is 0. The van der Waals surface area contributed by atoms with E-state index in [0.29, 0.717) is 52.4 Å². The molecule has 0 unspecified atom stereocenters. The number of carboxylic acids is 2. The van der Waals surface area contributed by atoms with Crippen LogP contribution in [0.1, 0.15) is 94.9 Å². The summed E-state index contributed by atoms with van der Waals surface area (Å²) in [6, 6.07) is 15.2. The molecule has 0 aliphatic carbocycles. The van der Waals surface area contributed by atoms with Crippen LogP contribution >= 0.6 is 0 Å². The Bertz CT molecular complexity index is 3500. The van der Waals surface area contributed by atoms with Crippen LogP contribution in [0.3, 0.4) is 0 Å². The Morgan fingerprint density at radius 2 is 1.06 bits per heavy atom. The zero-order chi connectivity index (χ0) is 69.5. The van der Waals surface area contributed by atoms with Gasteiger partial charge in [0.15, 0.2) is 0 Å². The third-order valence-electron chi connectivity index (χ3n) is 16.6. The number of carbonyl (C=O) groups excluding carboxylic acids is 10. The van der Waals surface area contributed by atoms with Gasteiger partial charge in [-0.3, -0.25) is 52.7 Å². The largest absolute Gasteiger partial charge is 0.508 e. The fraction of sp³-hybridized carbons (Fsp3) is 0.433. The van der Waals surface area contributed by atoms with Crippen molar-refractivity contribution < 1.29 is 72.9 Å². The third kappa shape index (κ3) is 21.9.